The van der Waals surface area contributed by atoms with Crippen LogP contribution in [-0.4, -0.2) is 45.8 Å². The molecule has 22 heavy (non-hydrogen) atoms. The molecule has 0 aliphatic heterocycles. The number of nitrogens with one attached hydrogen (secondary N) is 1. The first-order chi connectivity index (χ1) is 10.3. The zero-order valence-corrected chi connectivity index (χ0v) is 14.1. The summed E-state index contributed by atoms with van der Waals surface area (Å²) in [6.07, 6.45) is 4.40. The Morgan fingerprint density at radius 3 is 2.14 bits per heavy atom. The van der Waals surface area contributed by atoms with Crippen LogP contribution in [0.2, 0.25) is 0 Å². The average Bonchev–Trinajstić information content (AvgIpc) is 2.99. The Morgan fingerprint density at radius 1 is 1.09 bits per heavy atom. The van der Waals surface area contributed by atoms with Gasteiger partial charge >= 0.3 is 10.2 Å². The molecular weight excluding hydrogens is 302 g/mol. The lowest BCUT2D eigenvalue weighted by Crippen LogP contribution is -2.37. The molecule has 1 amide bonds. The Bertz CT molecular complexity index is 620. The fraction of sp³-hybridized carbons (Fsp3) is 0.533. The molecule has 0 atom stereocenters. The third kappa shape index (κ3) is 3.59. The van der Waals surface area contributed by atoms with Gasteiger partial charge in [0, 0.05) is 32.7 Å². The largest absolute Gasteiger partial charge is 0.349 e. The first-order valence-corrected chi connectivity index (χ1v) is 8.79. The van der Waals surface area contributed by atoms with E-state index < -0.39 is 10.2 Å². The molecule has 1 fully saturated rings. The number of carbonyl (C=O) groups excluding carboxylic acids is 1. The highest BCUT2D eigenvalue weighted by Gasteiger charge is 2.21. The number of hydrogen-bond acceptors (Lipinski definition) is 3. The molecule has 7 heteroatoms. The van der Waals surface area contributed by atoms with Crippen molar-refractivity contribution in [3.05, 3.63) is 29.8 Å². The van der Waals surface area contributed by atoms with Crippen LogP contribution in [0, 0.1) is 0 Å². The van der Waals surface area contributed by atoms with Gasteiger partial charge in [0.1, 0.15) is 0 Å². The van der Waals surface area contributed by atoms with Crippen LogP contribution in [0.3, 0.4) is 0 Å². The fourth-order valence-corrected chi connectivity index (χ4v) is 3.42. The Balaban J connectivity index is 2.08. The van der Waals surface area contributed by atoms with Gasteiger partial charge in [0.05, 0.1) is 5.69 Å². The molecule has 1 aromatic carbocycles. The predicted octanol–water partition coefficient (Wildman–Crippen LogP) is 1.60. The summed E-state index contributed by atoms with van der Waals surface area (Å²) in [5.74, 6) is -0.100. The summed E-state index contributed by atoms with van der Waals surface area (Å²) in [5, 5.41) is 3.01. The van der Waals surface area contributed by atoms with Crippen molar-refractivity contribution in [1.29, 1.82) is 0 Å². The summed E-state index contributed by atoms with van der Waals surface area (Å²) in [4.78, 5) is 12.1. The van der Waals surface area contributed by atoms with Crippen LogP contribution in [0.25, 0.3) is 0 Å². The van der Waals surface area contributed by atoms with Gasteiger partial charge in [-0.15, -0.1) is 0 Å². The van der Waals surface area contributed by atoms with Gasteiger partial charge in [-0.2, -0.15) is 12.7 Å². The highest BCUT2D eigenvalue weighted by molar-refractivity contribution is 7.90. The third-order valence-electron chi connectivity index (χ3n) is 3.99. The Morgan fingerprint density at radius 2 is 1.64 bits per heavy atom. The first kappa shape index (κ1) is 16.8. The second-order valence-corrected chi connectivity index (χ2v) is 7.93. The van der Waals surface area contributed by atoms with E-state index >= 15 is 0 Å². The summed E-state index contributed by atoms with van der Waals surface area (Å²) in [6, 6.07) is 6.86. The minimum atomic E-state index is -3.52. The van der Waals surface area contributed by atoms with Crippen molar-refractivity contribution in [2.24, 2.45) is 0 Å². The van der Waals surface area contributed by atoms with Crippen molar-refractivity contribution < 1.29 is 13.2 Å². The molecule has 2 rings (SSSR count). The maximum Gasteiger partial charge on any atom is 0.303 e. The van der Waals surface area contributed by atoms with E-state index in [4.69, 9.17) is 0 Å². The molecule has 1 aliphatic carbocycles. The van der Waals surface area contributed by atoms with E-state index in [0.29, 0.717) is 11.3 Å². The summed E-state index contributed by atoms with van der Waals surface area (Å²) in [7, 11) is 0.936. The number of carbonyl (C=O) groups is 1. The molecule has 1 aromatic rings. The van der Waals surface area contributed by atoms with E-state index in [9.17, 15) is 13.2 Å². The smallest absolute Gasteiger partial charge is 0.303 e. The molecule has 122 valence electrons. The maximum absolute atomic E-state index is 12.1. The van der Waals surface area contributed by atoms with E-state index in [1.807, 2.05) is 0 Å². The van der Waals surface area contributed by atoms with Gasteiger partial charge in [0.2, 0.25) is 0 Å². The van der Waals surface area contributed by atoms with Crippen LogP contribution < -0.4 is 9.62 Å². The molecule has 1 aliphatic rings. The molecule has 0 heterocycles. The van der Waals surface area contributed by atoms with Crippen molar-refractivity contribution in [3.63, 3.8) is 0 Å². The van der Waals surface area contributed by atoms with Gasteiger partial charge in [-0.3, -0.25) is 9.10 Å². The number of amides is 1. The Hall–Kier alpha value is -1.60. The number of anilines is 1. The normalized spacial score (nSPS) is 16.0. The molecule has 0 aromatic heterocycles. The molecular formula is C15H23N3O3S. The van der Waals surface area contributed by atoms with Crippen molar-refractivity contribution in [2.75, 3.05) is 25.4 Å². The van der Waals surface area contributed by atoms with Crippen LogP contribution >= 0.6 is 0 Å². The summed E-state index contributed by atoms with van der Waals surface area (Å²) < 4.78 is 26.4. The van der Waals surface area contributed by atoms with E-state index in [2.05, 4.69) is 5.32 Å². The molecule has 0 radical (unpaired) electrons. The van der Waals surface area contributed by atoms with Crippen LogP contribution in [0.5, 0.6) is 0 Å². The molecule has 0 unspecified atom stereocenters. The molecule has 0 saturated heterocycles. The van der Waals surface area contributed by atoms with Gasteiger partial charge < -0.3 is 5.32 Å². The van der Waals surface area contributed by atoms with Gasteiger partial charge in [-0.1, -0.05) is 12.8 Å². The van der Waals surface area contributed by atoms with E-state index in [-0.39, 0.29) is 11.9 Å². The van der Waals surface area contributed by atoms with Gasteiger partial charge in [-0.05, 0) is 37.1 Å². The zero-order chi connectivity index (χ0) is 16.3. The fourth-order valence-electron chi connectivity index (χ4n) is 2.54. The van der Waals surface area contributed by atoms with Crippen LogP contribution in [-0.2, 0) is 10.2 Å². The minimum Gasteiger partial charge on any atom is -0.349 e. The van der Waals surface area contributed by atoms with Gasteiger partial charge in [0.15, 0.2) is 0 Å². The van der Waals surface area contributed by atoms with Crippen LogP contribution in [0.1, 0.15) is 36.0 Å². The van der Waals surface area contributed by atoms with Crippen LogP contribution in [0.15, 0.2) is 24.3 Å². The quantitative estimate of drug-likeness (QED) is 0.894. The topological polar surface area (TPSA) is 69.7 Å². The van der Waals surface area contributed by atoms with Crippen LogP contribution in [0.4, 0.5) is 5.69 Å². The van der Waals surface area contributed by atoms with E-state index in [0.717, 1.165) is 30.0 Å². The lowest BCUT2D eigenvalue weighted by atomic mass is 10.1. The second-order valence-electron chi connectivity index (χ2n) is 5.76. The second kappa shape index (κ2) is 6.66. The monoisotopic (exact) mass is 325 g/mol. The number of hydrogen-bond donors (Lipinski definition) is 1. The molecule has 0 bridgehead atoms. The van der Waals surface area contributed by atoms with Crippen molar-refractivity contribution >= 4 is 21.8 Å². The van der Waals surface area contributed by atoms with Crippen molar-refractivity contribution in [2.45, 2.75) is 31.7 Å². The lowest BCUT2D eigenvalue weighted by molar-refractivity contribution is 0.0938. The van der Waals surface area contributed by atoms with E-state index in [1.54, 1.807) is 24.3 Å². The molecule has 0 spiro atoms. The van der Waals surface area contributed by atoms with Crippen molar-refractivity contribution in [1.82, 2.24) is 9.62 Å². The predicted molar refractivity (Wildman–Crippen MR) is 87.2 cm³/mol. The Labute approximate surface area is 132 Å². The van der Waals surface area contributed by atoms with Crippen molar-refractivity contribution in [3.8, 4) is 0 Å². The Kier molecular flexibility index (Phi) is 5.08. The first-order valence-electron chi connectivity index (χ1n) is 7.39. The van der Waals surface area contributed by atoms with E-state index in [1.165, 1.54) is 25.4 Å². The minimum absolute atomic E-state index is 0.100. The highest BCUT2D eigenvalue weighted by atomic mass is 32.2. The molecule has 1 saturated carbocycles. The maximum atomic E-state index is 12.1. The van der Waals surface area contributed by atoms with Gasteiger partial charge in [0.25, 0.3) is 5.91 Å². The number of nitrogens with zero attached hydrogens (tertiary/aromatic N) is 2. The SMILES string of the molecule is CN(C)S(=O)(=O)N(C)c1ccc(C(=O)NC2CCCC2)cc1. The third-order valence-corrected chi connectivity index (χ3v) is 5.82. The summed E-state index contributed by atoms with van der Waals surface area (Å²) >= 11 is 0. The number of benzene rings is 1. The highest BCUT2D eigenvalue weighted by Crippen LogP contribution is 2.20. The average molecular weight is 325 g/mol. The van der Waals surface area contributed by atoms with Gasteiger partial charge in [-0.25, -0.2) is 0 Å². The zero-order valence-electron chi connectivity index (χ0n) is 13.2. The standard InChI is InChI=1S/C15H23N3O3S/c1-17(2)22(20,21)18(3)14-10-8-12(9-11-14)15(19)16-13-6-4-5-7-13/h8-11,13H,4-7H2,1-3H3,(H,16,19). The molecule has 1 N–H and O–H groups in total. The lowest BCUT2D eigenvalue weighted by Gasteiger charge is -2.23. The summed E-state index contributed by atoms with van der Waals surface area (Å²) in [6.45, 7) is 0. The summed E-state index contributed by atoms with van der Waals surface area (Å²) in [5.41, 5.74) is 1.07. The number of rotatable bonds is 5. The molecule has 6 nitrogen and oxygen atoms in total.